The van der Waals surface area contributed by atoms with Gasteiger partial charge in [-0.3, -0.25) is 9.97 Å². The van der Waals surface area contributed by atoms with E-state index in [2.05, 4.69) is 15.0 Å². The average molecular weight is 341 g/mol. The van der Waals surface area contributed by atoms with Crippen molar-refractivity contribution in [1.82, 2.24) is 15.0 Å². The summed E-state index contributed by atoms with van der Waals surface area (Å²) in [6.07, 6.45) is 2.92. The monoisotopic (exact) mass is 341 g/mol. The molecule has 0 aromatic carbocycles. The summed E-state index contributed by atoms with van der Waals surface area (Å²) in [7, 11) is 1.00. The van der Waals surface area contributed by atoms with Crippen molar-refractivity contribution in [2.75, 3.05) is 7.11 Å². The fraction of sp³-hybridized carbons (Fsp3) is 0.0588. The Hall–Kier alpha value is -3.52. The number of carboxylic acids is 2. The summed E-state index contributed by atoms with van der Waals surface area (Å²) >= 11 is 0. The Labute approximate surface area is 142 Å². The van der Waals surface area contributed by atoms with Crippen molar-refractivity contribution in [1.29, 1.82) is 0 Å². The summed E-state index contributed by atoms with van der Waals surface area (Å²) < 4.78 is 0. The highest BCUT2D eigenvalue weighted by atomic mass is 16.4. The molecular formula is C17H15N3O5. The van der Waals surface area contributed by atoms with Gasteiger partial charge >= 0.3 is 11.9 Å². The van der Waals surface area contributed by atoms with Crippen molar-refractivity contribution in [2.45, 2.75) is 0 Å². The van der Waals surface area contributed by atoms with Crippen LogP contribution in [-0.4, -0.2) is 49.3 Å². The van der Waals surface area contributed by atoms with Crippen LogP contribution in [0.25, 0.3) is 22.8 Å². The predicted molar refractivity (Wildman–Crippen MR) is 89.3 cm³/mol. The molecule has 8 nitrogen and oxygen atoms in total. The summed E-state index contributed by atoms with van der Waals surface area (Å²) in [5, 5.41) is 25.4. The van der Waals surface area contributed by atoms with Crippen LogP contribution < -0.4 is 0 Å². The third kappa shape index (κ3) is 3.88. The minimum Gasteiger partial charge on any atom is -0.478 e. The second kappa shape index (κ2) is 7.84. The lowest BCUT2D eigenvalue weighted by atomic mass is 10.1. The molecule has 0 aliphatic heterocycles. The molecule has 0 unspecified atom stereocenters. The first-order valence-electron chi connectivity index (χ1n) is 7.08. The van der Waals surface area contributed by atoms with Crippen LogP contribution in [0.5, 0.6) is 0 Å². The zero-order chi connectivity index (χ0) is 18.4. The van der Waals surface area contributed by atoms with Gasteiger partial charge in [-0.05, 0) is 30.3 Å². The van der Waals surface area contributed by atoms with Crippen LogP contribution in [0.2, 0.25) is 0 Å². The zero-order valence-corrected chi connectivity index (χ0v) is 13.2. The quantitative estimate of drug-likeness (QED) is 0.570. The van der Waals surface area contributed by atoms with Crippen LogP contribution in [0.3, 0.4) is 0 Å². The first-order chi connectivity index (χ1) is 12.1. The second-order valence-electron chi connectivity index (χ2n) is 4.73. The molecule has 0 aliphatic carbocycles. The molecule has 3 heterocycles. The van der Waals surface area contributed by atoms with E-state index in [1.807, 2.05) is 0 Å². The van der Waals surface area contributed by atoms with E-state index in [0.29, 0.717) is 11.4 Å². The van der Waals surface area contributed by atoms with Crippen LogP contribution in [0, 0.1) is 0 Å². The Bertz CT molecular complexity index is 890. The molecule has 0 saturated carbocycles. The molecule has 0 atom stereocenters. The van der Waals surface area contributed by atoms with Crippen molar-refractivity contribution < 1.29 is 24.9 Å². The Morgan fingerprint density at radius 3 is 2.24 bits per heavy atom. The number of H-pyrrole nitrogens is 1. The standard InChI is InChI=1S/C16H11N3O4.CH4O/c20-15(21)9-4-6-18-13(7-9)14-10(16(22)23)8-12(19-14)11-3-1-2-5-17-11;1-2/h1-8,19H,(H,20,21)(H,22,23);2H,1H3. The second-order valence-corrected chi connectivity index (χ2v) is 4.73. The van der Waals surface area contributed by atoms with E-state index in [1.165, 1.54) is 24.4 Å². The molecule has 0 radical (unpaired) electrons. The Kier molecular flexibility index (Phi) is 5.59. The number of rotatable bonds is 4. The van der Waals surface area contributed by atoms with Crippen LogP contribution >= 0.6 is 0 Å². The zero-order valence-electron chi connectivity index (χ0n) is 13.2. The van der Waals surface area contributed by atoms with Crippen LogP contribution in [-0.2, 0) is 0 Å². The maximum Gasteiger partial charge on any atom is 0.337 e. The summed E-state index contributed by atoms with van der Waals surface area (Å²) in [5.41, 5.74) is 1.60. The highest BCUT2D eigenvalue weighted by molar-refractivity contribution is 5.97. The van der Waals surface area contributed by atoms with Crippen molar-refractivity contribution in [2.24, 2.45) is 0 Å². The van der Waals surface area contributed by atoms with Gasteiger partial charge in [0.15, 0.2) is 0 Å². The topological polar surface area (TPSA) is 136 Å². The van der Waals surface area contributed by atoms with E-state index in [0.717, 1.165) is 7.11 Å². The van der Waals surface area contributed by atoms with Gasteiger partial charge in [0.05, 0.1) is 33.9 Å². The lowest BCUT2D eigenvalue weighted by Gasteiger charge is -2.02. The molecule has 0 aliphatic rings. The first kappa shape index (κ1) is 17.8. The van der Waals surface area contributed by atoms with E-state index in [-0.39, 0.29) is 22.5 Å². The van der Waals surface area contributed by atoms with E-state index in [4.69, 9.17) is 10.2 Å². The van der Waals surface area contributed by atoms with Gasteiger partial charge in [-0.15, -0.1) is 0 Å². The maximum atomic E-state index is 11.5. The largest absolute Gasteiger partial charge is 0.478 e. The van der Waals surface area contributed by atoms with Gasteiger partial charge in [-0.25, -0.2) is 9.59 Å². The summed E-state index contributed by atoms with van der Waals surface area (Å²) in [6.45, 7) is 0. The van der Waals surface area contributed by atoms with E-state index in [9.17, 15) is 14.7 Å². The predicted octanol–water partition coefficient (Wildman–Crippen LogP) is 2.14. The van der Waals surface area contributed by atoms with Gasteiger partial charge in [0.1, 0.15) is 0 Å². The Balaban J connectivity index is 0.00000109. The fourth-order valence-electron chi connectivity index (χ4n) is 2.19. The number of aliphatic hydroxyl groups is 1. The number of nitrogens with one attached hydrogen (secondary N) is 1. The maximum absolute atomic E-state index is 11.5. The Morgan fingerprint density at radius 2 is 1.64 bits per heavy atom. The SMILES string of the molecule is CO.O=C(O)c1ccnc(-c2[nH]c(-c3ccccn3)cc2C(=O)O)c1. The number of aliphatic hydroxyl groups excluding tert-OH is 1. The molecule has 0 bridgehead atoms. The number of nitrogens with zero attached hydrogens (tertiary/aromatic N) is 2. The number of aromatic carboxylic acids is 2. The number of carboxylic acid groups (broad SMARTS) is 2. The number of pyridine rings is 2. The fourth-order valence-corrected chi connectivity index (χ4v) is 2.19. The number of aromatic nitrogens is 3. The molecule has 4 N–H and O–H groups in total. The third-order valence-corrected chi connectivity index (χ3v) is 3.25. The van der Waals surface area contributed by atoms with Gasteiger partial charge in [-0.1, -0.05) is 6.07 Å². The van der Waals surface area contributed by atoms with E-state index >= 15 is 0 Å². The van der Waals surface area contributed by atoms with Gasteiger partial charge in [0, 0.05) is 19.5 Å². The number of aromatic amines is 1. The lowest BCUT2D eigenvalue weighted by molar-refractivity contribution is 0.0687. The van der Waals surface area contributed by atoms with Gasteiger partial charge in [0.25, 0.3) is 0 Å². The lowest BCUT2D eigenvalue weighted by Crippen LogP contribution is -2.00. The molecule has 3 aromatic rings. The molecule has 128 valence electrons. The summed E-state index contributed by atoms with van der Waals surface area (Å²) in [5.74, 6) is -2.25. The minimum atomic E-state index is -1.14. The van der Waals surface area contributed by atoms with Crippen LogP contribution in [0.15, 0.2) is 48.8 Å². The molecule has 8 heteroatoms. The third-order valence-electron chi connectivity index (χ3n) is 3.25. The minimum absolute atomic E-state index is 0.000641. The number of hydrogen-bond donors (Lipinski definition) is 4. The summed E-state index contributed by atoms with van der Waals surface area (Å²) in [6, 6.07) is 9.39. The molecule has 3 aromatic heterocycles. The normalized spacial score (nSPS) is 9.84. The molecule has 25 heavy (non-hydrogen) atoms. The van der Waals surface area contributed by atoms with Crippen molar-refractivity contribution in [3.05, 3.63) is 59.9 Å². The van der Waals surface area contributed by atoms with Crippen LogP contribution in [0.1, 0.15) is 20.7 Å². The smallest absolute Gasteiger partial charge is 0.337 e. The molecular weight excluding hydrogens is 326 g/mol. The molecule has 0 saturated heterocycles. The Morgan fingerprint density at radius 1 is 0.920 bits per heavy atom. The van der Waals surface area contributed by atoms with E-state index < -0.39 is 11.9 Å². The van der Waals surface area contributed by atoms with Crippen molar-refractivity contribution in [3.63, 3.8) is 0 Å². The van der Waals surface area contributed by atoms with Gasteiger partial charge < -0.3 is 20.3 Å². The van der Waals surface area contributed by atoms with Gasteiger partial charge in [-0.2, -0.15) is 0 Å². The average Bonchev–Trinajstić information content (AvgIpc) is 3.10. The molecule has 0 fully saturated rings. The highest BCUT2D eigenvalue weighted by Gasteiger charge is 2.19. The highest BCUT2D eigenvalue weighted by Crippen LogP contribution is 2.27. The van der Waals surface area contributed by atoms with Crippen LogP contribution in [0.4, 0.5) is 0 Å². The van der Waals surface area contributed by atoms with E-state index in [1.54, 1.807) is 24.4 Å². The molecule has 0 spiro atoms. The molecule has 3 rings (SSSR count). The number of hydrogen-bond acceptors (Lipinski definition) is 5. The van der Waals surface area contributed by atoms with Gasteiger partial charge in [0.2, 0.25) is 0 Å². The van der Waals surface area contributed by atoms with Crippen molar-refractivity contribution >= 4 is 11.9 Å². The molecule has 0 amide bonds. The first-order valence-corrected chi connectivity index (χ1v) is 7.08. The van der Waals surface area contributed by atoms with Crippen molar-refractivity contribution in [3.8, 4) is 22.8 Å². The number of carbonyl (C=O) groups is 2. The summed E-state index contributed by atoms with van der Waals surface area (Å²) in [4.78, 5) is 33.7.